The molecule has 5 heteroatoms. The maximum absolute atomic E-state index is 12.6. The van der Waals surface area contributed by atoms with Crippen LogP contribution < -0.4 is 5.32 Å². The van der Waals surface area contributed by atoms with Gasteiger partial charge in [-0.25, -0.2) is 0 Å². The lowest BCUT2D eigenvalue weighted by atomic mass is 9.95. The van der Waals surface area contributed by atoms with Crippen LogP contribution in [0.4, 0.5) is 5.82 Å². The topological polar surface area (TPSA) is 57.8 Å². The zero-order valence-electron chi connectivity index (χ0n) is 12.1. The van der Waals surface area contributed by atoms with E-state index in [1.807, 2.05) is 30.3 Å². The fraction of sp³-hybridized carbons (Fsp3) is 0.375. The first-order valence-electron chi connectivity index (χ1n) is 7.14. The van der Waals surface area contributed by atoms with Gasteiger partial charge in [-0.15, -0.1) is 0 Å². The van der Waals surface area contributed by atoms with Crippen LogP contribution in [0, 0.1) is 0 Å². The van der Waals surface area contributed by atoms with Gasteiger partial charge in [0.05, 0.1) is 5.41 Å². The summed E-state index contributed by atoms with van der Waals surface area (Å²) in [7, 11) is 0. The Morgan fingerprint density at radius 1 is 1.33 bits per heavy atom. The summed E-state index contributed by atoms with van der Waals surface area (Å²) in [5.74, 6) is 1.00. The lowest BCUT2D eigenvalue weighted by Crippen LogP contribution is -2.27. The molecule has 0 spiro atoms. The second kappa shape index (κ2) is 5.30. The molecule has 1 saturated carbocycles. The Bertz CT molecular complexity index is 656. The molecule has 0 saturated heterocycles. The Labute approximate surface area is 132 Å². The molecule has 1 fully saturated rings. The molecule has 110 valence electrons. The van der Waals surface area contributed by atoms with E-state index in [1.165, 1.54) is 0 Å². The van der Waals surface area contributed by atoms with Gasteiger partial charge in [0.2, 0.25) is 5.91 Å². The summed E-state index contributed by atoms with van der Waals surface area (Å²) in [4.78, 5) is 12.6. The van der Waals surface area contributed by atoms with Crippen LogP contribution in [-0.4, -0.2) is 16.1 Å². The van der Waals surface area contributed by atoms with Gasteiger partial charge < -0.3 is 5.32 Å². The van der Waals surface area contributed by atoms with Crippen molar-refractivity contribution >= 4 is 27.7 Å². The normalized spacial score (nSPS) is 16.0. The summed E-state index contributed by atoms with van der Waals surface area (Å²) in [5.41, 5.74) is 1.72. The van der Waals surface area contributed by atoms with Crippen LogP contribution in [-0.2, 0) is 10.2 Å². The lowest BCUT2D eigenvalue weighted by molar-refractivity contribution is -0.118. The highest BCUT2D eigenvalue weighted by molar-refractivity contribution is 9.10. The number of benzene rings is 1. The van der Waals surface area contributed by atoms with E-state index in [4.69, 9.17) is 0 Å². The molecule has 1 aliphatic rings. The number of carbonyl (C=O) groups excluding carboxylic acids is 1. The highest BCUT2D eigenvalue weighted by Gasteiger charge is 2.51. The molecular weight excluding hydrogens is 330 g/mol. The first-order valence-corrected chi connectivity index (χ1v) is 7.93. The number of anilines is 1. The summed E-state index contributed by atoms with van der Waals surface area (Å²) < 4.78 is 1.02. The molecule has 1 aliphatic carbocycles. The third-order valence-corrected chi connectivity index (χ3v) is 4.57. The zero-order valence-corrected chi connectivity index (χ0v) is 13.7. The molecule has 21 heavy (non-hydrogen) atoms. The van der Waals surface area contributed by atoms with Gasteiger partial charge in [-0.1, -0.05) is 41.9 Å². The molecule has 2 aromatic rings. The number of aromatic nitrogens is 2. The molecule has 0 aliphatic heterocycles. The number of rotatable bonds is 4. The highest BCUT2D eigenvalue weighted by Crippen LogP contribution is 2.49. The average molecular weight is 348 g/mol. The average Bonchev–Trinajstić information content (AvgIpc) is 3.13. The van der Waals surface area contributed by atoms with E-state index < -0.39 is 0 Å². The van der Waals surface area contributed by atoms with E-state index in [0.29, 0.717) is 11.7 Å². The van der Waals surface area contributed by atoms with Crippen molar-refractivity contribution in [3.8, 4) is 0 Å². The van der Waals surface area contributed by atoms with Crippen molar-refractivity contribution in [2.45, 2.75) is 38.0 Å². The fourth-order valence-corrected chi connectivity index (χ4v) is 2.74. The highest BCUT2D eigenvalue weighted by atomic mass is 79.9. The molecule has 1 heterocycles. The summed E-state index contributed by atoms with van der Waals surface area (Å²) in [6.07, 6.45) is 1.78. The predicted octanol–water partition coefficient (Wildman–Crippen LogP) is 3.97. The van der Waals surface area contributed by atoms with E-state index >= 15 is 0 Å². The number of aromatic amines is 1. The number of nitrogens with one attached hydrogen (secondary N) is 2. The second-order valence-corrected chi connectivity index (χ2v) is 6.82. The zero-order chi connectivity index (χ0) is 15.0. The molecule has 1 amide bonds. The first kappa shape index (κ1) is 14.3. The van der Waals surface area contributed by atoms with E-state index in [9.17, 15) is 4.79 Å². The van der Waals surface area contributed by atoms with Crippen LogP contribution in [0.2, 0.25) is 0 Å². The van der Waals surface area contributed by atoms with E-state index in [-0.39, 0.29) is 11.3 Å². The summed E-state index contributed by atoms with van der Waals surface area (Å²) >= 11 is 3.42. The van der Waals surface area contributed by atoms with E-state index in [1.54, 1.807) is 0 Å². The van der Waals surface area contributed by atoms with Crippen molar-refractivity contribution < 1.29 is 4.79 Å². The number of amides is 1. The van der Waals surface area contributed by atoms with Gasteiger partial charge in [0, 0.05) is 16.2 Å². The first-order chi connectivity index (χ1) is 10.0. The van der Waals surface area contributed by atoms with Crippen molar-refractivity contribution in [1.82, 2.24) is 10.2 Å². The number of H-pyrrole nitrogens is 1. The Hall–Kier alpha value is -1.62. The number of halogens is 1. The standard InChI is InChI=1S/C16H18BrN3O/c1-10(2)13-9-14(20-19-13)18-15(21)16(7-8-16)11-3-5-12(17)6-4-11/h3-6,9-10H,7-8H2,1-2H3,(H2,18,19,20,21). The molecule has 2 N–H and O–H groups in total. The van der Waals surface area contributed by atoms with Gasteiger partial charge in [-0.3, -0.25) is 9.89 Å². The lowest BCUT2D eigenvalue weighted by Gasteiger charge is -2.14. The SMILES string of the molecule is CC(C)c1cc(NC(=O)C2(c3ccc(Br)cc3)CC2)n[nH]1. The summed E-state index contributed by atoms with van der Waals surface area (Å²) in [6.45, 7) is 4.17. The Morgan fingerprint density at radius 2 is 2.00 bits per heavy atom. The molecule has 0 unspecified atom stereocenters. The largest absolute Gasteiger partial charge is 0.308 e. The van der Waals surface area contributed by atoms with Crippen molar-refractivity contribution in [1.29, 1.82) is 0 Å². The van der Waals surface area contributed by atoms with Crippen LogP contribution in [0.1, 0.15) is 43.9 Å². The van der Waals surface area contributed by atoms with Gasteiger partial charge in [0.1, 0.15) is 0 Å². The number of hydrogen-bond acceptors (Lipinski definition) is 2. The minimum Gasteiger partial charge on any atom is -0.308 e. The quantitative estimate of drug-likeness (QED) is 0.879. The van der Waals surface area contributed by atoms with Crippen molar-refractivity contribution in [3.05, 3.63) is 46.1 Å². The summed E-state index contributed by atoms with van der Waals surface area (Å²) in [6, 6.07) is 9.89. The molecule has 1 aromatic heterocycles. The van der Waals surface area contributed by atoms with Crippen molar-refractivity contribution in [2.75, 3.05) is 5.32 Å². The third kappa shape index (κ3) is 2.75. The molecule has 0 bridgehead atoms. The number of carbonyl (C=O) groups is 1. The maximum Gasteiger partial charge on any atom is 0.236 e. The minimum absolute atomic E-state index is 0.0339. The Morgan fingerprint density at radius 3 is 2.52 bits per heavy atom. The van der Waals surface area contributed by atoms with Gasteiger partial charge in [-0.05, 0) is 36.5 Å². The monoisotopic (exact) mass is 347 g/mol. The van der Waals surface area contributed by atoms with Gasteiger partial charge >= 0.3 is 0 Å². The molecule has 0 radical (unpaired) electrons. The predicted molar refractivity (Wildman–Crippen MR) is 86.4 cm³/mol. The minimum atomic E-state index is -0.377. The van der Waals surface area contributed by atoms with Crippen molar-refractivity contribution in [2.24, 2.45) is 0 Å². The molecular formula is C16H18BrN3O. The Balaban J connectivity index is 1.76. The molecule has 1 aromatic carbocycles. The number of hydrogen-bond donors (Lipinski definition) is 2. The molecule has 3 rings (SSSR count). The van der Waals surface area contributed by atoms with Crippen LogP contribution >= 0.6 is 15.9 Å². The van der Waals surface area contributed by atoms with Gasteiger partial charge in [0.25, 0.3) is 0 Å². The summed E-state index contributed by atoms with van der Waals surface area (Å²) in [5, 5.41) is 10.1. The van der Waals surface area contributed by atoms with Crippen LogP contribution in [0.25, 0.3) is 0 Å². The van der Waals surface area contributed by atoms with E-state index in [0.717, 1.165) is 28.6 Å². The van der Waals surface area contributed by atoms with Gasteiger partial charge in [0.15, 0.2) is 5.82 Å². The smallest absolute Gasteiger partial charge is 0.236 e. The van der Waals surface area contributed by atoms with Crippen LogP contribution in [0.3, 0.4) is 0 Å². The van der Waals surface area contributed by atoms with Gasteiger partial charge in [-0.2, -0.15) is 5.10 Å². The number of nitrogens with zero attached hydrogens (tertiary/aromatic N) is 1. The molecule has 0 atom stereocenters. The van der Waals surface area contributed by atoms with Crippen molar-refractivity contribution in [3.63, 3.8) is 0 Å². The second-order valence-electron chi connectivity index (χ2n) is 5.91. The van der Waals surface area contributed by atoms with Crippen LogP contribution in [0.15, 0.2) is 34.8 Å². The third-order valence-electron chi connectivity index (χ3n) is 4.04. The molecule has 4 nitrogen and oxygen atoms in total. The maximum atomic E-state index is 12.6. The fourth-order valence-electron chi connectivity index (χ4n) is 2.47. The Kier molecular flexibility index (Phi) is 3.61. The van der Waals surface area contributed by atoms with Crippen LogP contribution in [0.5, 0.6) is 0 Å². The van der Waals surface area contributed by atoms with E-state index in [2.05, 4.69) is 45.3 Å².